The Kier molecular flexibility index (Phi) is 5.76. The smallest absolute Gasteiger partial charge is 0.256 e. The van der Waals surface area contributed by atoms with E-state index in [1.807, 2.05) is 29.2 Å². The van der Waals surface area contributed by atoms with Gasteiger partial charge in [-0.2, -0.15) is 15.0 Å². The molecule has 4 rings (SSSR count). The minimum atomic E-state index is -0.0120. The van der Waals surface area contributed by atoms with Gasteiger partial charge in [0.15, 0.2) is 0 Å². The fourth-order valence-electron chi connectivity index (χ4n) is 3.61. The number of benzene rings is 1. The molecule has 3 aromatic rings. The second kappa shape index (κ2) is 8.61. The summed E-state index contributed by atoms with van der Waals surface area (Å²) in [5, 5.41) is 8.76. The van der Waals surface area contributed by atoms with Crippen LogP contribution in [0, 0.1) is 5.92 Å². The Labute approximate surface area is 174 Å². The first kappa shape index (κ1) is 19.4. The highest BCUT2D eigenvalue weighted by atomic mass is 35.5. The van der Waals surface area contributed by atoms with Gasteiger partial charge < -0.3 is 9.64 Å². The molecule has 150 valence electrons. The zero-order valence-electron chi connectivity index (χ0n) is 16.1. The van der Waals surface area contributed by atoms with Crippen molar-refractivity contribution in [3.05, 3.63) is 65.7 Å². The summed E-state index contributed by atoms with van der Waals surface area (Å²) in [6.45, 7) is 3.26. The van der Waals surface area contributed by atoms with E-state index in [1.54, 1.807) is 30.7 Å². The van der Waals surface area contributed by atoms with Gasteiger partial charge in [0.2, 0.25) is 0 Å². The number of ether oxygens (including phenoxy) is 1. The largest absolute Gasteiger partial charge is 0.493 e. The number of likely N-dealkylation sites (tertiary alicyclic amines) is 1. The molecule has 0 spiro atoms. The van der Waals surface area contributed by atoms with Crippen LogP contribution < -0.4 is 4.74 Å². The van der Waals surface area contributed by atoms with Crippen LogP contribution in [0.25, 0.3) is 5.69 Å². The fourth-order valence-corrected chi connectivity index (χ4v) is 3.78. The number of halogens is 1. The number of para-hydroxylation sites is 1. The Morgan fingerprint density at radius 2 is 1.97 bits per heavy atom. The normalized spacial score (nSPS) is 19.2. The first-order valence-electron chi connectivity index (χ1n) is 9.63. The highest BCUT2D eigenvalue weighted by Gasteiger charge is 2.31. The van der Waals surface area contributed by atoms with Gasteiger partial charge >= 0.3 is 0 Å². The topological polar surface area (TPSA) is 73.1 Å². The summed E-state index contributed by atoms with van der Waals surface area (Å²) in [4.78, 5) is 20.8. The number of piperidine rings is 1. The monoisotopic (exact) mass is 411 g/mol. The second-order valence-corrected chi connectivity index (χ2v) is 7.60. The molecular weight excluding hydrogens is 390 g/mol. The molecule has 8 heteroatoms. The van der Waals surface area contributed by atoms with Crippen molar-refractivity contribution in [1.29, 1.82) is 0 Å². The lowest BCUT2D eigenvalue weighted by Gasteiger charge is -2.38. The molecule has 0 radical (unpaired) electrons. The minimum Gasteiger partial charge on any atom is -0.493 e. The Morgan fingerprint density at radius 3 is 2.76 bits per heavy atom. The van der Waals surface area contributed by atoms with Crippen LogP contribution in [0.2, 0.25) is 5.15 Å². The Morgan fingerprint density at radius 1 is 1.17 bits per heavy atom. The molecule has 0 saturated carbocycles. The lowest BCUT2D eigenvalue weighted by Crippen LogP contribution is -2.47. The third kappa shape index (κ3) is 4.40. The molecule has 0 unspecified atom stereocenters. The number of aromatic nitrogens is 4. The molecule has 0 N–H and O–H groups in total. The lowest BCUT2D eigenvalue weighted by atomic mass is 9.93. The second-order valence-electron chi connectivity index (χ2n) is 7.21. The van der Waals surface area contributed by atoms with Crippen molar-refractivity contribution in [2.45, 2.75) is 25.8 Å². The number of pyridine rings is 1. The van der Waals surface area contributed by atoms with Gasteiger partial charge in [-0.3, -0.25) is 4.79 Å². The van der Waals surface area contributed by atoms with Crippen molar-refractivity contribution < 1.29 is 9.53 Å². The SMILES string of the molecule is C[C@@H]1CC[C@@H](COc2ccnc(Cl)c2)CN1C(=O)c1ccccc1-n1nccn1. The van der Waals surface area contributed by atoms with Gasteiger partial charge in [0.1, 0.15) is 10.9 Å². The van der Waals surface area contributed by atoms with E-state index in [9.17, 15) is 4.79 Å². The molecule has 1 aliphatic heterocycles. The fraction of sp³-hybridized carbons (Fsp3) is 0.333. The molecule has 1 aromatic carbocycles. The summed E-state index contributed by atoms with van der Waals surface area (Å²) in [5.74, 6) is 0.927. The van der Waals surface area contributed by atoms with Crippen LogP contribution in [0.15, 0.2) is 55.0 Å². The summed E-state index contributed by atoms with van der Waals surface area (Å²) in [6, 6.07) is 11.1. The molecule has 2 atom stereocenters. The zero-order chi connectivity index (χ0) is 20.2. The third-order valence-corrected chi connectivity index (χ3v) is 5.40. The molecule has 3 heterocycles. The molecule has 2 aromatic heterocycles. The van der Waals surface area contributed by atoms with E-state index in [-0.39, 0.29) is 17.9 Å². The van der Waals surface area contributed by atoms with Gasteiger partial charge in [-0.25, -0.2) is 4.98 Å². The van der Waals surface area contributed by atoms with Gasteiger partial charge in [0, 0.05) is 30.8 Å². The van der Waals surface area contributed by atoms with E-state index in [2.05, 4.69) is 22.1 Å². The molecule has 0 bridgehead atoms. The quantitative estimate of drug-likeness (QED) is 0.599. The van der Waals surface area contributed by atoms with Gasteiger partial charge in [-0.05, 0) is 38.0 Å². The van der Waals surface area contributed by atoms with Crippen LogP contribution >= 0.6 is 11.6 Å². The zero-order valence-corrected chi connectivity index (χ0v) is 16.9. The molecule has 7 nitrogen and oxygen atoms in total. The maximum atomic E-state index is 13.4. The molecule has 29 heavy (non-hydrogen) atoms. The van der Waals surface area contributed by atoms with Gasteiger partial charge in [-0.1, -0.05) is 23.7 Å². The number of carbonyl (C=O) groups excluding carboxylic acids is 1. The Bertz CT molecular complexity index is 979. The number of nitrogens with zero attached hydrogens (tertiary/aromatic N) is 5. The first-order chi connectivity index (χ1) is 14.1. The highest BCUT2D eigenvalue weighted by Crippen LogP contribution is 2.26. The maximum Gasteiger partial charge on any atom is 0.256 e. The van der Waals surface area contributed by atoms with E-state index in [1.165, 1.54) is 4.80 Å². The first-order valence-corrected chi connectivity index (χ1v) is 10.0. The maximum absolute atomic E-state index is 13.4. The average Bonchev–Trinajstić information content (AvgIpc) is 3.27. The van der Waals surface area contributed by atoms with Crippen LogP contribution in [0.4, 0.5) is 0 Å². The predicted octanol–water partition coefficient (Wildman–Crippen LogP) is 3.64. The standard InChI is InChI=1S/C21H22ClN5O2/c1-15-6-7-16(14-29-17-8-9-23-20(22)12-17)13-26(15)21(28)18-4-2-3-5-19(18)27-24-10-11-25-27/h2-5,8-12,15-16H,6-7,13-14H2,1H3/t15-,16-/m1/s1. The van der Waals surface area contributed by atoms with Crippen molar-refractivity contribution >= 4 is 17.5 Å². The highest BCUT2D eigenvalue weighted by molar-refractivity contribution is 6.29. The van der Waals surface area contributed by atoms with E-state index in [0.29, 0.717) is 35.3 Å². The van der Waals surface area contributed by atoms with Crippen molar-refractivity contribution in [2.75, 3.05) is 13.2 Å². The number of amides is 1. The molecule has 1 saturated heterocycles. The molecule has 1 amide bonds. The lowest BCUT2D eigenvalue weighted by molar-refractivity contribution is 0.0505. The summed E-state index contributed by atoms with van der Waals surface area (Å²) >= 11 is 5.92. The summed E-state index contributed by atoms with van der Waals surface area (Å²) < 4.78 is 5.89. The summed E-state index contributed by atoms with van der Waals surface area (Å²) in [6.07, 6.45) is 6.76. The number of rotatable bonds is 5. The Hall–Kier alpha value is -2.93. The predicted molar refractivity (Wildman–Crippen MR) is 109 cm³/mol. The summed E-state index contributed by atoms with van der Waals surface area (Å²) in [7, 11) is 0. The van der Waals surface area contributed by atoms with Crippen LogP contribution in [0.3, 0.4) is 0 Å². The van der Waals surface area contributed by atoms with Crippen molar-refractivity contribution in [1.82, 2.24) is 24.9 Å². The van der Waals surface area contributed by atoms with Crippen molar-refractivity contribution in [3.63, 3.8) is 0 Å². The average molecular weight is 412 g/mol. The van der Waals surface area contributed by atoms with Gasteiger partial charge in [0.25, 0.3) is 5.91 Å². The van der Waals surface area contributed by atoms with Crippen LogP contribution in [-0.4, -0.2) is 50.0 Å². The van der Waals surface area contributed by atoms with Crippen molar-refractivity contribution in [2.24, 2.45) is 5.92 Å². The van der Waals surface area contributed by atoms with Crippen LogP contribution in [0.1, 0.15) is 30.1 Å². The molecule has 0 aliphatic carbocycles. The molecule has 1 aliphatic rings. The van der Waals surface area contributed by atoms with Crippen molar-refractivity contribution in [3.8, 4) is 11.4 Å². The van der Waals surface area contributed by atoms with Gasteiger partial charge in [-0.15, -0.1) is 0 Å². The van der Waals surface area contributed by atoms with Crippen LogP contribution in [-0.2, 0) is 0 Å². The van der Waals surface area contributed by atoms with Gasteiger partial charge in [0.05, 0.1) is 30.3 Å². The number of carbonyl (C=O) groups is 1. The number of hydrogen-bond acceptors (Lipinski definition) is 5. The summed E-state index contributed by atoms with van der Waals surface area (Å²) in [5.41, 5.74) is 1.28. The minimum absolute atomic E-state index is 0.0120. The Balaban J connectivity index is 1.48. The van der Waals surface area contributed by atoms with E-state index in [0.717, 1.165) is 12.8 Å². The number of hydrogen-bond donors (Lipinski definition) is 0. The van der Waals surface area contributed by atoms with E-state index < -0.39 is 0 Å². The van der Waals surface area contributed by atoms with E-state index >= 15 is 0 Å². The van der Waals surface area contributed by atoms with E-state index in [4.69, 9.17) is 16.3 Å². The molecule has 1 fully saturated rings. The third-order valence-electron chi connectivity index (χ3n) is 5.19. The van der Waals surface area contributed by atoms with Crippen LogP contribution in [0.5, 0.6) is 5.75 Å². The molecular formula is C21H22ClN5O2.